The van der Waals surface area contributed by atoms with Crippen LogP contribution in [0.3, 0.4) is 0 Å². The van der Waals surface area contributed by atoms with E-state index in [0.29, 0.717) is 13.1 Å². The third-order valence-electron chi connectivity index (χ3n) is 3.52. The Morgan fingerprint density at radius 2 is 2.00 bits per heavy atom. The smallest absolute Gasteiger partial charge is 0.410 e. The summed E-state index contributed by atoms with van der Waals surface area (Å²) >= 11 is 0. The van der Waals surface area contributed by atoms with Crippen LogP contribution in [0.25, 0.3) is 0 Å². The number of nitrogens with one attached hydrogen (secondary N) is 1. The number of carbonyl (C=O) groups excluding carboxylic acids is 1. The Kier molecular flexibility index (Phi) is 4.52. The highest BCUT2D eigenvalue weighted by molar-refractivity contribution is 5.68. The van der Waals surface area contributed by atoms with Gasteiger partial charge in [-0.3, -0.25) is 4.68 Å². The maximum atomic E-state index is 12.2. The van der Waals surface area contributed by atoms with Gasteiger partial charge in [0, 0.05) is 31.4 Å². The second kappa shape index (κ2) is 5.91. The minimum Gasteiger partial charge on any atom is -0.444 e. The number of nitrogens with zero attached hydrogens (tertiary/aromatic N) is 3. The molecule has 1 N–H and O–H groups in total. The fourth-order valence-electron chi connectivity index (χ4n) is 2.35. The minimum absolute atomic E-state index is 0.0439. The van der Waals surface area contributed by atoms with Gasteiger partial charge in [-0.2, -0.15) is 5.10 Å². The normalized spacial score (nSPS) is 20.1. The third kappa shape index (κ3) is 4.22. The van der Waals surface area contributed by atoms with E-state index in [1.807, 2.05) is 31.6 Å². The van der Waals surface area contributed by atoms with Gasteiger partial charge in [-0.1, -0.05) is 0 Å². The summed E-state index contributed by atoms with van der Waals surface area (Å²) in [6.07, 6.45) is 3.68. The Hall–Kier alpha value is -1.56. The Morgan fingerprint density at radius 1 is 1.32 bits per heavy atom. The summed E-state index contributed by atoms with van der Waals surface area (Å²) in [6.45, 7) is 14.0. The van der Waals surface area contributed by atoms with Crippen molar-refractivity contribution in [3.05, 3.63) is 18.0 Å². The zero-order valence-corrected chi connectivity index (χ0v) is 14.5. The first-order valence-electron chi connectivity index (χ1n) is 7.82. The van der Waals surface area contributed by atoms with Crippen molar-refractivity contribution < 1.29 is 9.53 Å². The predicted octanol–water partition coefficient (Wildman–Crippen LogP) is 2.52. The maximum absolute atomic E-state index is 12.2. The number of ether oxygens (including phenoxy) is 1. The molecule has 0 spiro atoms. The highest BCUT2D eigenvalue weighted by Gasteiger charge is 2.29. The van der Waals surface area contributed by atoms with E-state index in [1.54, 1.807) is 4.90 Å². The topological polar surface area (TPSA) is 59.4 Å². The van der Waals surface area contributed by atoms with Crippen LogP contribution in [-0.2, 0) is 10.3 Å². The highest BCUT2D eigenvalue weighted by atomic mass is 16.6. The molecular formula is C16H28N4O2. The maximum Gasteiger partial charge on any atom is 0.410 e. The van der Waals surface area contributed by atoms with Crippen LogP contribution in [0, 0.1) is 0 Å². The van der Waals surface area contributed by atoms with Crippen molar-refractivity contribution in [2.75, 3.05) is 19.6 Å². The average Bonchev–Trinajstić information content (AvgIpc) is 2.86. The predicted molar refractivity (Wildman–Crippen MR) is 85.8 cm³/mol. The van der Waals surface area contributed by atoms with Crippen LogP contribution in [0.5, 0.6) is 0 Å². The molecule has 0 aliphatic carbocycles. The lowest BCUT2D eigenvalue weighted by Crippen LogP contribution is -2.49. The lowest BCUT2D eigenvalue weighted by Gasteiger charge is -2.34. The average molecular weight is 308 g/mol. The fourth-order valence-corrected chi connectivity index (χ4v) is 2.35. The molecule has 1 aromatic heterocycles. The Bertz CT molecular complexity index is 525. The van der Waals surface area contributed by atoms with E-state index < -0.39 is 5.60 Å². The monoisotopic (exact) mass is 308 g/mol. The van der Waals surface area contributed by atoms with Gasteiger partial charge >= 0.3 is 6.09 Å². The van der Waals surface area contributed by atoms with Crippen molar-refractivity contribution in [2.24, 2.45) is 0 Å². The van der Waals surface area contributed by atoms with Crippen LogP contribution < -0.4 is 5.32 Å². The molecular weight excluding hydrogens is 280 g/mol. The molecule has 1 saturated heterocycles. The van der Waals surface area contributed by atoms with E-state index in [9.17, 15) is 4.79 Å². The lowest BCUT2D eigenvalue weighted by atomic mass is 10.1. The summed E-state index contributed by atoms with van der Waals surface area (Å²) in [4.78, 5) is 14.0. The molecule has 22 heavy (non-hydrogen) atoms. The summed E-state index contributed by atoms with van der Waals surface area (Å²) in [5, 5.41) is 7.88. The summed E-state index contributed by atoms with van der Waals surface area (Å²) in [5.74, 6) is 0. The number of amides is 1. The number of rotatable bonds is 1. The van der Waals surface area contributed by atoms with Crippen molar-refractivity contribution in [3.8, 4) is 0 Å². The van der Waals surface area contributed by atoms with Gasteiger partial charge < -0.3 is 15.0 Å². The molecule has 1 amide bonds. The summed E-state index contributed by atoms with van der Waals surface area (Å²) < 4.78 is 7.41. The van der Waals surface area contributed by atoms with E-state index in [-0.39, 0.29) is 17.7 Å². The van der Waals surface area contributed by atoms with Crippen molar-refractivity contribution >= 4 is 6.09 Å². The molecule has 1 aromatic rings. The summed E-state index contributed by atoms with van der Waals surface area (Å²) in [6, 6.07) is 0.0948. The molecule has 6 nitrogen and oxygen atoms in total. The zero-order valence-electron chi connectivity index (χ0n) is 14.5. The first kappa shape index (κ1) is 16.8. The molecule has 1 atom stereocenters. The van der Waals surface area contributed by atoms with Crippen molar-refractivity contribution in [3.63, 3.8) is 0 Å². The van der Waals surface area contributed by atoms with Crippen molar-refractivity contribution in [1.82, 2.24) is 20.0 Å². The second-order valence-corrected chi connectivity index (χ2v) is 7.82. The first-order valence-corrected chi connectivity index (χ1v) is 7.82. The van der Waals surface area contributed by atoms with Gasteiger partial charge in [-0.05, 0) is 41.5 Å². The van der Waals surface area contributed by atoms with E-state index in [1.165, 1.54) is 0 Å². The Morgan fingerprint density at radius 3 is 2.55 bits per heavy atom. The van der Waals surface area contributed by atoms with Crippen LogP contribution >= 0.6 is 0 Å². The molecule has 0 bridgehead atoms. The van der Waals surface area contributed by atoms with E-state index in [2.05, 4.69) is 37.4 Å². The summed E-state index contributed by atoms with van der Waals surface area (Å²) in [7, 11) is 0. The quantitative estimate of drug-likeness (QED) is 0.866. The number of hydrogen-bond acceptors (Lipinski definition) is 4. The SMILES string of the molecule is CC(C)(C)OC(=O)N1CCNC(c2cnn(C(C)(C)C)c2)C1. The molecule has 0 aromatic carbocycles. The molecule has 6 heteroatoms. The molecule has 0 radical (unpaired) electrons. The van der Waals surface area contributed by atoms with E-state index in [0.717, 1.165) is 12.1 Å². The number of carbonyl (C=O) groups is 1. The molecule has 1 aliphatic heterocycles. The van der Waals surface area contributed by atoms with Crippen molar-refractivity contribution in [2.45, 2.75) is 58.7 Å². The number of piperazine rings is 1. The molecule has 124 valence electrons. The number of aromatic nitrogens is 2. The second-order valence-electron chi connectivity index (χ2n) is 7.82. The van der Waals surface area contributed by atoms with Gasteiger partial charge in [-0.15, -0.1) is 0 Å². The number of hydrogen-bond donors (Lipinski definition) is 1. The lowest BCUT2D eigenvalue weighted by molar-refractivity contribution is 0.0195. The Balaban J connectivity index is 2.04. The van der Waals surface area contributed by atoms with Gasteiger partial charge in [0.1, 0.15) is 5.60 Å². The standard InChI is InChI=1S/C16H28N4O2/c1-15(2,3)20-10-12(9-18-20)13-11-19(8-7-17-13)14(21)22-16(4,5)6/h9-10,13,17H,7-8,11H2,1-6H3. The van der Waals surface area contributed by atoms with E-state index in [4.69, 9.17) is 4.74 Å². The van der Waals surface area contributed by atoms with Gasteiger partial charge in [0.25, 0.3) is 0 Å². The van der Waals surface area contributed by atoms with Gasteiger partial charge in [0.2, 0.25) is 0 Å². The zero-order chi connectivity index (χ0) is 16.5. The van der Waals surface area contributed by atoms with Gasteiger partial charge in [-0.25, -0.2) is 4.79 Å². The minimum atomic E-state index is -0.464. The molecule has 2 rings (SSSR count). The van der Waals surface area contributed by atoms with E-state index >= 15 is 0 Å². The van der Waals surface area contributed by atoms with Crippen LogP contribution in [-0.4, -0.2) is 46.0 Å². The molecule has 1 aliphatic rings. The highest BCUT2D eigenvalue weighted by Crippen LogP contribution is 2.21. The molecule has 0 saturated carbocycles. The fraction of sp³-hybridized carbons (Fsp3) is 0.750. The largest absolute Gasteiger partial charge is 0.444 e. The third-order valence-corrected chi connectivity index (χ3v) is 3.52. The van der Waals surface area contributed by atoms with Gasteiger partial charge in [0.15, 0.2) is 0 Å². The Labute approximate surface area is 132 Å². The van der Waals surface area contributed by atoms with Gasteiger partial charge in [0.05, 0.1) is 17.8 Å². The molecule has 1 fully saturated rings. The van der Waals surface area contributed by atoms with Crippen LogP contribution in [0.1, 0.15) is 53.1 Å². The van der Waals surface area contributed by atoms with Crippen LogP contribution in [0.15, 0.2) is 12.4 Å². The molecule has 1 unspecified atom stereocenters. The van der Waals surface area contributed by atoms with Crippen LogP contribution in [0.4, 0.5) is 4.79 Å². The summed E-state index contributed by atoms with van der Waals surface area (Å²) in [5.41, 5.74) is 0.593. The molecule has 2 heterocycles. The van der Waals surface area contributed by atoms with Crippen molar-refractivity contribution in [1.29, 1.82) is 0 Å². The van der Waals surface area contributed by atoms with Crippen LogP contribution in [0.2, 0.25) is 0 Å². The first-order chi connectivity index (χ1) is 10.1.